The summed E-state index contributed by atoms with van der Waals surface area (Å²) in [5.41, 5.74) is 1.26. The lowest BCUT2D eigenvalue weighted by Gasteiger charge is -2.45. The average Bonchev–Trinajstić information content (AvgIpc) is 3.01. The minimum atomic E-state index is 0.285. The Morgan fingerprint density at radius 3 is 2.83 bits per heavy atom. The number of nitrogens with zero attached hydrogens (tertiary/aromatic N) is 9. The Morgan fingerprint density at radius 2 is 2.04 bits per heavy atom. The Kier molecular flexibility index (Phi) is 3.23. The standard InChI is InChI=1S/C15H15N9/c1-10-5-13(24-15(21-10)19-9-20-24)22(2)11-7-23(8-11)14-12(6-16)17-3-4-18-14/h3-5,9,11H,7-8H2,1-2H3. The molecule has 1 saturated heterocycles. The first-order valence-electron chi connectivity index (χ1n) is 7.53. The third kappa shape index (κ3) is 2.20. The molecule has 0 bridgehead atoms. The number of aromatic nitrogens is 6. The summed E-state index contributed by atoms with van der Waals surface area (Å²) in [5, 5.41) is 13.4. The Labute approximate surface area is 138 Å². The molecule has 0 radical (unpaired) electrons. The zero-order chi connectivity index (χ0) is 16.7. The summed E-state index contributed by atoms with van der Waals surface area (Å²) < 4.78 is 1.73. The first kappa shape index (κ1) is 14.3. The summed E-state index contributed by atoms with van der Waals surface area (Å²) in [5.74, 6) is 2.18. The van der Waals surface area contributed by atoms with E-state index in [-0.39, 0.29) is 6.04 Å². The quantitative estimate of drug-likeness (QED) is 0.684. The lowest BCUT2D eigenvalue weighted by Crippen LogP contribution is -2.59. The summed E-state index contributed by atoms with van der Waals surface area (Å²) >= 11 is 0. The molecule has 1 aliphatic heterocycles. The second-order valence-electron chi connectivity index (χ2n) is 5.74. The molecule has 4 heterocycles. The lowest BCUT2D eigenvalue weighted by molar-refractivity contribution is 0.486. The molecular weight excluding hydrogens is 306 g/mol. The van der Waals surface area contributed by atoms with E-state index in [2.05, 4.69) is 40.9 Å². The summed E-state index contributed by atoms with van der Waals surface area (Å²) in [6.45, 7) is 3.47. The molecule has 0 unspecified atom stereocenters. The van der Waals surface area contributed by atoms with E-state index >= 15 is 0 Å². The zero-order valence-corrected chi connectivity index (χ0v) is 13.3. The van der Waals surface area contributed by atoms with Gasteiger partial charge in [-0.1, -0.05) is 0 Å². The van der Waals surface area contributed by atoms with E-state index in [0.29, 0.717) is 17.3 Å². The zero-order valence-electron chi connectivity index (χ0n) is 13.3. The number of aryl methyl sites for hydroxylation is 1. The van der Waals surface area contributed by atoms with E-state index in [1.165, 1.54) is 12.5 Å². The van der Waals surface area contributed by atoms with Crippen LogP contribution in [0.5, 0.6) is 0 Å². The van der Waals surface area contributed by atoms with Crippen molar-refractivity contribution in [3.63, 3.8) is 0 Å². The number of rotatable bonds is 3. The highest BCUT2D eigenvalue weighted by molar-refractivity contribution is 5.55. The average molecular weight is 321 g/mol. The predicted octanol–water partition coefficient (Wildman–Crippen LogP) is 0.419. The largest absolute Gasteiger partial charge is 0.353 e. The third-order valence-corrected chi connectivity index (χ3v) is 4.22. The highest BCUT2D eigenvalue weighted by Crippen LogP contribution is 2.26. The number of anilines is 2. The SMILES string of the molecule is Cc1cc(N(C)C2CN(c3nccnc3C#N)C2)n2ncnc2n1. The highest BCUT2D eigenvalue weighted by atomic mass is 15.4. The molecule has 4 rings (SSSR count). The van der Waals surface area contributed by atoms with Gasteiger partial charge in [-0.15, -0.1) is 0 Å². The van der Waals surface area contributed by atoms with Crippen LogP contribution >= 0.6 is 0 Å². The van der Waals surface area contributed by atoms with Crippen LogP contribution < -0.4 is 9.80 Å². The molecule has 0 aromatic carbocycles. The Bertz CT molecular complexity index is 936. The predicted molar refractivity (Wildman–Crippen MR) is 86.7 cm³/mol. The topological polar surface area (TPSA) is 99.1 Å². The molecule has 3 aromatic heterocycles. The van der Waals surface area contributed by atoms with Crippen LogP contribution in [0.25, 0.3) is 5.78 Å². The van der Waals surface area contributed by atoms with Crippen molar-refractivity contribution >= 4 is 17.4 Å². The molecule has 0 N–H and O–H groups in total. The van der Waals surface area contributed by atoms with Gasteiger partial charge in [0.1, 0.15) is 18.2 Å². The van der Waals surface area contributed by atoms with Gasteiger partial charge in [-0.05, 0) is 6.92 Å². The van der Waals surface area contributed by atoms with Crippen molar-refractivity contribution < 1.29 is 0 Å². The molecule has 9 heteroatoms. The van der Waals surface area contributed by atoms with Crippen molar-refractivity contribution in [2.75, 3.05) is 29.9 Å². The molecule has 0 saturated carbocycles. The first-order valence-corrected chi connectivity index (χ1v) is 7.53. The molecule has 120 valence electrons. The van der Waals surface area contributed by atoms with Crippen molar-refractivity contribution in [2.24, 2.45) is 0 Å². The second kappa shape index (κ2) is 5.42. The molecule has 24 heavy (non-hydrogen) atoms. The lowest BCUT2D eigenvalue weighted by atomic mass is 10.1. The van der Waals surface area contributed by atoms with Crippen molar-refractivity contribution in [1.29, 1.82) is 5.26 Å². The smallest absolute Gasteiger partial charge is 0.254 e. The molecule has 0 amide bonds. The minimum Gasteiger partial charge on any atom is -0.353 e. The Balaban J connectivity index is 1.56. The summed E-state index contributed by atoms with van der Waals surface area (Å²) in [4.78, 5) is 21.1. The van der Waals surface area contributed by atoms with Crippen LogP contribution in [-0.2, 0) is 0 Å². The van der Waals surface area contributed by atoms with Gasteiger partial charge in [-0.25, -0.2) is 15.0 Å². The van der Waals surface area contributed by atoms with Crippen LogP contribution in [0.3, 0.4) is 0 Å². The highest BCUT2D eigenvalue weighted by Gasteiger charge is 2.33. The Morgan fingerprint density at radius 1 is 1.25 bits per heavy atom. The van der Waals surface area contributed by atoms with E-state index in [1.54, 1.807) is 10.7 Å². The van der Waals surface area contributed by atoms with Crippen LogP contribution in [0, 0.1) is 18.3 Å². The van der Waals surface area contributed by atoms with E-state index in [0.717, 1.165) is 24.6 Å². The molecular formula is C15H15N9. The van der Waals surface area contributed by atoms with Crippen LogP contribution in [0.15, 0.2) is 24.8 Å². The van der Waals surface area contributed by atoms with Crippen molar-refractivity contribution in [2.45, 2.75) is 13.0 Å². The van der Waals surface area contributed by atoms with E-state index in [1.807, 2.05) is 20.0 Å². The number of hydrogen-bond donors (Lipinski definition) is 0. The van der Waals surface area contributed by atoms with Crippen LogP contribution in [0.4, 0.5) is 11.6 Å². The van der Waals surface area contributed by atoms with Crippen LogP contribution in [-0.4, -0.2) is 55.7 Å². The molecule has 1 fully saturated rings. The maximum atomic E-state index is 9.15. The van der Waals surface area contributed by atoms with E-state index in [9.17, 15) is 0 Å². The maximum absolute atomic E-state index is 9.15. The monoisotopic (exact) mass is 321 g/mol. The van der Waals surface area contributed by atoms with Gasteiger partial charge in [0.2, 0.25) is 0 Å². The second-order valence-corrected chi connectivity index (χ2v) is 5.74. The van der Waals surface area contributed by atoms with Gasteiger partial charge in [-0.3, -0.25) is 0 Å². The number of fused-ring (bicyclic) bond motifs is 1. The van der Waals surface area contributed by atoms with Gasteiger partial charge in [0.05, 0.1) is 6.04 Å². The van der Waals surface area contributed by atoms with Crippen molar-refractivity contribution in [3.8, 4) is 6.07 Å². The fraction of sp³-hybridized carbons (Fsp3) is 0.333. The molecule has 0 atom stereocenters. The van der Waals surface area contributed by atoms with Crippen LogP contribution in [0.2, 0.25) is 0 Å². The van der Waals surface area contributed by atoms with Crippen molar-refractivity contribution in [1.82, 2.24) is 29.5 Å². The molecule has 0 aliphatic carbocycles. The fourth-order valence-electron chi connectivity index (χ4n) is 2.86. The molecule has 3 aromatic rings. The van der Waals surface area contributed by atoms with Crippen LogP contribution in [0.1, 0.15) is 11.4 Å². The normalized spacial score (nSPS) is 14.5. The van der Waals surface area contributed by atoms with Gasteiger partial charge in [0.15, 0.2) is 11.5 Å². The molecule has 1 aliphatic rings. The first-order chi connectivity index (χ1) is 11.7. The van der Waals surface area contributed by atoms with Crippen molar-refractivity contribution in [3.05, 3.63) is 36.2 Å². The van der Waals surface area contributed by atoms with Gasteiger partial charge in [0.25, 0.3) is 5.78 Å². The van der Waals surface area contributed by atoms with E-state index < -0.39 is 0 Å². The maximum Gasteiger partial charge on any atom is 0.254 e. The van der Waals surface area contributed by atoms with Gasteiger partial charge in [-0.2, -0.15) is 19.9 Å². The number of hydrogen-bond acceptors (Lipinski definition) is 8. The number of nitriles is 1. The van der Waals surface area contributed by atoms with Gasteiger partial charge < -0.3 is 9.80 Å². The Hall–Kier alpha value is -3.28. The molecule has 9 nitrogen and oxygen atoms in total. The fourth-order valence-corrected chi connectivity index (χ4v) is 2.86. The summed E-state index contributed by atoms with van der Waals surface area (Å²) in [6, 6.07) is 4.37. The number of likely N-dealkylation sites (N-methyl/N-ethyl adjacent to an activating group) is 1. The van der Waals surface area contributed by atoms with Gasteiger partial charge in [0, 0.05) is 44.3 Å². The summed E-state index contributed by atoms with van der Waals surface area (Å²) in [7, 11) is 2.03. The minimum absolute atomic E-state index is 0.285. The third-order valence-electron chi connectivity index (χ3n) is 4.22. The van der Waals surface area contributed by atoms with Gasteiger partial charge >= 0.3 is 0 Å². The summed E-state index contributed by atoms with van der Waals surface area (Å²) in [6.07, 6.45) is 4.65. The molecule has 0 spiro atoms. The van der Waals surface area contributed by atoms with E-state index in [4.69, 9.17) is 5.26 Å².